The van der Waals surface area contributed by atoms with Gasteiger partial charge in [0, 0.05) is 49.4 Å². The van der Waals surface area contributed by atoms with E-state index in [2.05, 4.69) is 114 Å². The first-order chi connectivity index (χ1) is 34.6. The van der Waals surface area contributed by atoms with Crippen LogP contribution in [0.4, 0.5) is 17.6 Å². The number of thiocarbonyl (C=S) groups is 2. The Morgan fingerprint density at radius 1 is 0.550 bits per heavy atom. The first-order valence-electron chi connectivity index (χ1n) is 20.1. The van der Waals surface area contributed by atoms with Crippen molar-refractivity contribution in [2.24, 2.45) is 0 Å². The zero-order valence-electron chi connectivity index (χ0n) is 40.9. The Morgan fingerprint density at radius 2 is 0.812 bits per heavy atom. The Balaban J connectivity index is -0.000000124. The van der Waals surface area contributed by atoms with Gasteiger partial charge in [0.15, 0.2) is 31.0 Å². The second-order valence-corrected chi connectivity index (χ2v) is 24.7. The van der Waals surface area contributed by atoms with Crippen LogP contribution in [0.15, 0.2) is 115 Å². The maximum Gasteiger partial charge on any atom is 0.460 e. The predicted molar refractivity (Wildman–Crippen MR) is 339 cm³/mol. The number of halogens is 10. The molecule has 16 nitrogen and oxygen atoms in total. The van der Waals surface area contributed by atoms with Gasteiger partial charge in [0.1, 0.15) is 27.3 Å². The van der Waals surface area contributed by atoms with E-state index in [1.165, 1.54) is 34.6 Å². The number of esters is 2. The van der Waals surface area contributed by atoms with Crippen LogP contribution in [0.1, 0.15) is 85.1 Å². The summed E-state index contributed by atoms with van der Waals surface area (Å²) >= 11 is 25.7. The third-order valence-electron chi connectivity index (χ3n) is 6.92. The molecule has 0 bridgehead atoms. The highest BCUT2D eigenvalue weighted by Crippen LogP contribution is 2.25. The van der Waals surface area contributed by atoms with Gasteiger partial charge >= 0.3 is 22.9 Å². The number of aromatic hydroxyl groups is 2. The second kappa shape index (κ2) is 46.9. The first-order valence-corrected chi connectivity index (χ1v) is 28.8. The highest BCUT2D eigenvalue weighted by Gasteiger charge is 2.38. The van der Waals surface area contributed by atoms with Gasteiger partial charge in [0.2, 0.25) is 17.0 Å². The molecule has 30 heteroatoms. The number of Topliss-reactive ketones (excluding diaryl/α,β-unsaturated/α-hetero) is 2. The summed E-state index contributed by atoms with van der Waals surface area (Å²) < 4.78 is 110. The maximum atomic E-state index is 12.7. The van der Waals surface area contributed by atoms with Gasteiger partial charge in [-0.15, -0.1) is 0 Å². The number of carbonyl (C=O) groups excluding carboxylic acids is 6. The summed E-state index contributed by atoms with van der Waals surface area (Å²) in [7, 11) is -7.05. The van der Waals surface area contributed by atoms with Gasteiger partial charge in [-0.25, -0.2) is 13.2 Å². The molecule has 0 saturated heterocycles. The minimum atomic E-state index is -3.76. The number of hydrogen-bond acceptors (Lipinski definition) is 16. The fourth-order valence-corrected chi connectivity index (χ4v) is 4.63. The van der Waals surface area contributed by atoms with Crippen molar-refractivity contribution in [3.05, 3.63) is 115 Å². The molecule has 0 aliphatic rings. The van der Waals surface area contributed by atoms with E-state index in [4.69, 9.17) is 28.8 Å². The molecule has 0 amide bonds. The number of ether oxygens (including phenoxy) is 4. The number of hydrogen-bond donors (Lipinski definition) is 4. The van der Waals surface area contributed by atoms with Crippen molar-refractivity contribution < 1.29 is 93.0 Å². The predicted octanol–water partition coefficient (Wildman–Crippen LogP) is 15.9. The van der Waals surface area contributed by atoms with E-state index >= 15 is 0 Å². The van der Waals surface area contributed by atoms with Crippen LogP contribution in [0.5, 0.6) is 23.0 Å². The van der Waals surface area contributed by atoms with Crippen LogP contribution < -0.4 is 9.47 Å². The van der Waals surface area contributed by atoms with Gasteiger partial charge in [0.25, 0.3) is 0 Å². The number of phenolic OH excluding ortho intramolecular Hbond substituents is 2. The van der Waals surface area contributed by atoms with Crippen LogP contribution >= 0.6 is 120 Å². The highest BCUT2D eigenvalue weighted by atomic mass is 79.9. The van der Waals surface area contributed by atoms with Crippen LogP contribution in [-0.4, -0.2) is 105 Å². The fourth-order valence-electron chi connectivity index (χ4n) is 3.03. The van der Waals surface area contributed by atoms with Crippen LogP contribution in [0.25, 0.3) is 0 Å². The summed E-state index contributed by atoms with van der Waals surface area (Å²) in [6, 6.07) is 26.9. The minimum Gasteiger partial charge on any atom is -0.508 e. The van der Waals surface area contributed by atoms with E-state index in [0.717, 1.165) is 24.8 Å². The molecule has 0 spiro atoms. The quantitative estimate of drug-likeness (QED) is 0.0338. The van der Waals surface area contributed by atoms with E-state index in [1.807, 2.05) is 40.2 Å². The van der Waals surface area contributed by atoms with E-state index in [-0.39, 0.29) is 65.1 Å². The standard InChI is InChI=1S/C11H13BrO2.C9H7BrF2O2.C6H11BrO2.2C6H5BrO.C4H5BrF2O2.2C2H2O3S2.4CH4/c1-8(13)11(2,3)14-10-6-4-9(12)5-7-10;1-6(13)9(11,12)14-8-4-2-7(10)3-5-8;1-4-9-5(8)6(2,3)7;2*7-5-1-3-6(8)4-2-5;1-2-9-3(8)4(5,6)7;2*3-1-7(4,5)2-6;;;;/h4-7H,1-3H3;2-5H,1H3;4H2,1-3H3;2*1-4,8H;2H2,1H3;2*1H,(H,4,5);4*1H4. The number of alkyl halides is 6. The number of rotatable bonds is 12. The summed E-state index contributed by atoms with van der Waals surface area (Å²) in [6.45, 7) is 13.0. The van der Waals surface area contributed by atoms with E-state index in [9.17, 15) is 54.7 Å². The zero-order valence-corrected chi connectivity index (χ0v) is 53.7. The molecule has 0 saturated carbocycles. The Kier molecular flexibility index (Phi) is 54.5. The van der Waals surface area contributed by atoms with Crippen LogP contribution in [0, 0.1) is 0 Å². The van der Waals surface area contributed by atoms with Crippen molar-refractivity contribution in [1.29, 1.82) is 0 Å². The molecule has 0 heterocycles. The zero-order chi connectivity index (χ0) is 60.3. The molecule has 0 radical (unpaired) electrons. The monoisotopic (exact) mass is 1600 g/mol. The van der Waals surface area contributed by atoms with Gasteiger partial charge < -0.3 is 38.3 Å². The molecule has 80 heavy (non-hydrogen) atoms. The number of benzene rings is 4. The Hall–Kier alpha value is -3.48. The van der Waals surface area contributed by atoms with Crippen molar-refractivity contribution in [3.63, 3.8) is 0 Å². The van der Waals surface area contributed by atoms with Gasteiger partial charge in [-0.3, -0.25) is 24.0 Å². The van der Waals surface area contributed by atoms with Crippen molar-refractivity contribution in [3.8, 4) is 23.0 Å². The highest BCUT2D eigenvalue weighted by molar-refractivity contribution is 9.11. The smallest absolute Gasteiger partial charge is 0.460 e. The molecule has 0 fully saturated rings. The summed E-state index contributed by atoms with van der Waals surface area (Å²) in [5.41, 5.74) is -1.03. The lowest BCUT2D eigenvalue weighted by molar-refractivity contribution is -0.188. The topological polar surface area (TPSA) is 254 Å². The summed E-state index contributed by atoms with van der Waals surface area (Å²) in [5.74, 6) is -1.82. The Morgan fingerprint density at radius 3 is 0.975 bits per heavy atom. The largest absolute Gasteiger partial charge is 0.508 e. The Bertz CT molecular complexity index is 2490. The van der Waals surface area contributed by atoms with E-state index < -0.39 is 52.2 Å². The average molecular weight is 1610 g/mol. The molecule has 0 aromatic heterocycles. The lowest BCUT2D eigenvalue weighted by atomic mass is 10.1. The van der Waals surface area contributed by atoms with Gasteiger partial charge in [0.05, 0.1) is 13.2 Å². The third kappa shape index (κ3) is 51.4. The molecule has 4 aromatic rings. The molecule has 456 valence electrons. The SMILES string of the molecule is C.C.C.C.CC(=O)C(C)(C)Oc1ccc(Br)cc1.CC(=O)C(F)(F)Oc1ccc(Br)cc1.CCOC(=O)C(C)(C)Br.CCOC(=O)C(F)(F)Br.O=CS(=O)(O)=C=S.O=CS(=O)(O)=C=S.Oc1ccc(Br)cc1.Oc1ccc(Br)cc1. The molecule has 2 unspecified atom stereocenters. The van der Waals surface area contributed by atoms with Crippen molar-refractivity contribution in [2.75, 3.05) is 13.2 Å². The van der Waals surface area contributed by atoms with Crippen LogP contribution in [-0.2, 0) is 57.8 Å². The third-order valence-corrected chi connectivity index (χ3v) is 12.1. The number of carbonyl (C=O) groups is 6. The molecular formula is C50H66Br6F4O16S4. The molecular weight excluding hydrogens is 1540 g/mol. The fraction of sp³-hybridized carbons (Fsp3) is 0.360. The maximum absolute atomic E-state index is 12.7. The van der Waals surface area contributed by atoms with Crippen molar-refractivity contribution >= 4 is 183 Å². The second-order valence-electron chi connectivity index (χ2n) is 14.1. The van der Waals surface area contributed by atoms with E-state index in [1.54, 1.807) is 95.3 Å². The van der Waals surface area contributed by atoms with Gasteiger partial charge in [-0.1, -0.05) is 109 Å². The molecule has 4 aromatic carbocycles. The molecule has 4 N–H and O–H groups in total. The van der Waals surface area contributed by atoms with Gasteiger partial charge in [-0.05, 0) is 170 Å². The molecule has 4 rings (SSSR count). The Labute approximate surface area is 528 Å². The van der Waals surface area contributed by atoms with Gasteiger partial charge in [-0.2, -0.15) is 17.6 Å². The summed E-state index contributed by atoms with van der Waals surface area (Å²) in [5, 5.41) is 17.5. The first kappa shape index (κ1) is 93.0. The number of ketones is 2. The molecule has 2 atom stereocenters. The van der Waals surface area contributed by atoms with Crippen LogP contribution in [0.2, 0.25) is 0 Å². The summed E-state index contributed by atoms with van der Waals surface area (Å²) in [6.07, 6.45) is -3.76. The lowest BCUT2D eigenvalue weighted by Gasteiger charge is -2.23. The minimum absolute atomic E-state index is 0. The van der Waals surface area contributed by atoms with Crippen molar-refractivity contribution in [1.82, 2.24) is 0 Å². The van der Waals surface area contributed by atoms with Crippen LogP contribution in [0.3, 0.4) is 0 Å². The summed E-state index contributed by atoms with van der Waals surface area (Å²) in [4.78, 5) is 57.8. The van der Waals surface area contributed by atoms with E-state index in [0.29, 0.717) is 23.9 Å². The average Bonchev–Trinajstić information content (AvgIpc) is 3.33. The molecule has 0 aliphatic heterocycles. The number of phenols is 2. The lowest BCUT2D eigenvalue weighted by Crippen LogP contribution is -2.36. The normalized spacial score (nSPS) is 11.2. The molecule has 0 aliphatic carbocycles. The van der Waals surface area contributed by atoms with Crippen molar-refractivity contribution in [2.45, 2.75) is 106 Å².